The summed E-state index contributed by atoms with van der Waals surface area (Å²) in [4.78, 5) is 0. The number of ether oxygens (including phenoxy) is 1. The second-order valence-electron chi connectivity index (χ2n) is 13.8. The monoisotopic (exact) mass is 614 g/mol. The van der Waals surface area contributed by atoms with Gasteiger partial charge < -0.3 is 13.9 Å². The molecule has 0 saturated heterocycles. The molecule has 1 aliphatic heterocycles. The summed E-state index contributed by atoms with van der Waals surface area (Å²) in [5, 5.41) is 5.04. The lowest BCUT2D eigenvalue weighted by atomic mass is 9.81. The standard InChI is InChI=1S/C45H30N2O/c1-45(2)36-24-27(28-19-23-41-43(25-28)48-42-17-9-13-35-34-12-5-8-16-40(34)47(41)44(35)42)18-21-30(36)31-22-20-29(26-37(31)45)46-38-14-6-3-10-32(38)33-11-4-7-15-39(33)46/h3-26H,1-2H3. The number of fused-ring (bicyclic) bond motifs is 11. The third kappa shape index (κ3) is 3.28. The quantitative estimate of drug-likeness (QED) is 0.190. The van der Waals surface area contributed by atoms with E-state index in [1.165, 1.54) is 71.6 Å². The van der Waals surface area contributed by atoms with E-state index >= 15 is 0 Å². The van der Waals surface area contributed by atoms with Crippen molar-refractivity contribution in [3.8, 4) is 45.1 Å². The van der Waals surface area contributed by atoms with Crippen LogP contribution in [0.25, 0.3) is 77.2 Å². The number of benzene rings is 7. The van der Waals surface area contributed by atoms with E-state index in [4.69, 9.17) is 4.74 Å². The average molecular weight is 615 g/mol. The minimum absolute atomic E-state index is 0.158. The maximum Gasteiger partial charge on any atom is 0.152 e. The van der Waals surface area contributed by atoms with Gasteiger partial charge in [0.15, 0.2) is 11.5 Å². The van der Waals surface area contributed by atoms with E-state index in [0.29, 0.717) is 0 Å². The molecule has 1 aliphatic carbocycles. The van der Waals surface area contributed by atoms with E-state index in [1.54, 1.807) is 0 Å². The van der Waals surface area contributed by atoms with Crippen LogP contribution in [0.2, 0.25) is 0 Å². The maximum absolute atomic E-state index is 6.61. The van der Waals surface area contributed by atoms with Gasteiger partial charge >= 0.3 is 0 Å². The molecular formula is C45H30N2O. The zero-order chi connectivity index (χ0) is 31.7. The lowest BCUT2D eigenvalue weighted by molar-refractivity contribution is 0.476. The molecule has 0 fully saturated rings. The molecule has 0 amide bonds. The van der Waals surface area contributed by atoms with Gasteiger partial charge in [0.2, 0.25) is 0 Å². The van der Waals surface area contributed by atoms with Gasteiger partial charge in [-0.1, -0.05) is 105 Å². The highest BCUT2D eigenvalue weighted by atomic mass is 16.5. The predicted octanol–water partition coefficient (Wildman–Crippen LogP) is 12.0. The second-order valence-corrected chi connectivity index (χ2v) is 13.8. The third-order valence-electron chi connectivity index (χ3n) is 10.9. The molecule has 0 N–H and O–H groups in total. The first-order chi connectivity index (χ1) is 23.6. The fourth-order valence-electron chi connectivity index (χ4n) is 8.64. The molecule has 2 aromatic heterocycles. The summed E-state index contributed by atoms with van der Waals surface area (Å²) in [6, 6.07) is 53.2. The molecule has 3 heteroatoms. The van der Waals surface area contributed by atoms with Crippen LogP contribution in [-0.4, -0.2) is 9.13 Å². The van der Waals surface area contributed by atoms with Gasteiger partial charge in [-0.25, -0.2) is 0 Å². The molecule has 0 spiro atoms. The van der Waals surface area contributed by atoms with Gasteiger partial charge in [0.25, 0.3) is 0 Å². The minimum Gasteiger partial charge on any atom is -0.453 e. The van der Waals surface area contributed by atoms with Crippen molar-refractivity contribution in [3.05, 3.63) is 157 Å². The van der Waals surface area contributed by atoms with Gasteiger partial charge in [0, 0.05) is 32.6 Å². The van der Waals surface area contributed by atoms with E-state index in [1.807, 2.05) is 0 Å². The number of rotatable bonds is 2. The molecule has 48 heavy (non-hydrogen) atoms. The molecular weight excluding hydrogens is 585 g/mol. The lowest BCUT2D eigenvalue weighted by Gasteiger charge is -2.23. The van der Waals surface area contributed by atoms with E-state index in [0.717, 1.165) is 28.3 Å². The Bertz CT molecular complexity index is 2790. The Labute approximate surface area is 277 Å². The van der Waals surface area contributed by atoms with Crippen LogP contribution in [0, 0.1) is 0 Å². The van der Waals surface area contributed by atoms with Crippen molar-refractivity contribution in [2.24, 2.45) is 0 Å². The lowest BCUT2D eigenvalue weighted by Crippen LogP contribution is -2.15. The number of aromatic nitrogens is 2. The van der Waals surface area contributed by atoms with E-state index < -0.39 is 0 Å². The SMILES string of the molecule is CC1(C)c2cc(-c3ccc4c(c3)Oc3cccc5c6ccccc6n-4c35)ccc2-c2ccc(-n3c4ccccc4c4ccccc43)cc21. The van der Waals surface area contributed by atoms with Crippen LogP contribution in [0.15, 0.2) is 146 Å². The van der Waals surface area contributed by atoms with Gasteiger partial charge in [-0.3, -0.25) is 0 Å². The Kier molecular flexibility index (Phi) is 4.91. The summed E-state index contributed by atoms with van der Waals surface area (Å²) in [6.07, 6.45) is 0. The number of hydrogen-bond acceptors (Lipinski definition) is 1. The zero-order valence-corrected chi connectivity index (χ0v) is 26.7. The van der Waals surface area contributed by atoms with Crippen LogP contribution in [0.4, 0.5) is 0 Å². The molecule has 3 nitrogen and oxygen atoms in total. The highest BCUT2D eigenvalue weighted by molar-refractivity contribution is 6.12. The Morgan fingerprint density at radius 2 is 1.02 bits per heavy atom. The van der Waals surface area contributed by atoms with E-state index in [-0.39, 0.29) is 5.41 Å². The van der Waals surface area contributed by atoms with Crippen molar-refractivity contribution in [1.29, 1.82) is 0 Å². The van der Waals surface area contributed by atoms with Gasteiger partial charge in [-0.05, 0) is 88.0 Å². The highest BCUT2D eigenvalue weighted by Gasteiger charge is 2.36. The molecule has 0 atom stereocenters. The van der Waals surface area contributed by atoms with E-state index in [2.05, 4.69) is 169 Å². The topological polar surface area (TPSA) is 19.1 Å². The van der Waals surface area contributed by atoms with Crippen molar-refractivity contribution in [2.75, 3.05) is 0 Å². The molecule has 2 aliphatic rings. The molecule has 7 aromatic carbocycles. The van der Waals surface area contributed by atoms with Crippen LogP contribution in [0.1, 0.15) is 25.0 Å². The largest absolute Gasteiger partial charge is 0.453 e. The Morgan fingerprint density at radius 1 is 0.458 bits per heavy atom. The van der Waals surface area contributed by atoms with Crippen LogP contribution in [0.3, 0.4) is 0 Å². The molecule has 0 bridgehead atoms. The normalized spacial score (nSPS) is 14.0. The van der Waals surface area contributed by atoms with Crippen LogP contribution in [0.5, 0.6) is 11.5 Å². The number of hydrogen-bond donors (Lipinski definition) is 0. The summed E-state index contributed by atoms with van der Waals surface area (Å²) in [6.45, 7) is 4.73. The van der Waals surface area contributed by atoms with Gasteiger partial charge in [0.05, 0.1) is 27.8 Å². The Morgan fingerprint density at radius 3 is 1.75 bits per heavy atom. The second kappa shape index (κ2) is 9.05. The van der Waals surface area contributed by atoms with Crippen molar-refractivity contribution in [2.45, 2.75) is 19.3 Å². The van der Waals surface area contributed by atoms with Crippen LogP contribution in [-0.2, 0) is 5.41 Å². The molecule has 0 unspecified atom stereocenters. The van der Waals surface area contributed by atoms with Crippen molar-refractivity contribution in [3.63, 3.8) is 0 Å². The first-order valence-electron chi connectivity index (χ1n) is 16.7. The van der Waals surface area contributed by atoms with Gasteiger partial charge in [0.1, 0.15) is 0 Å². The number of para-hydroxylation sites is 4. The summed E-state index contributed by atoms with van der Waals surface area (Å²) in [7, 11) is 0. The first-order valence-corrected chi connectivity index (χ1v) is 16.7. The Hall–Kier alpha value is -6.06. The molecule has 0 radical (unpaired) electrons. The third-order valence-corrected chi connectivity index (χ3v) is 10.9. The molecule has 3 heterocycles. The molecule has 9 aromatic rings. The highest BCUT2D eigenvalue weighted by Crippen LogP contribution is 2.51. The molecule has 11 rings (SSSR count). The summed E-state index contributed by atoms with van der Waals surface area (Å²) < 4.78 is 11.4. The number of nitrogens with zero attached hydrogens (tertiary/aromatic N) is 2. The molecule has 226 valence electrons. The first kappa shape index (κ1) is 26.1. The average Bonchev–Trinajstić information content (AvgIpc) is 3.73. The smallest absolute Gasteiger partial charge is 0.152 e. The predicted molar refractivity (Wildman–Crippen MR) is 198 cm³/mol. The van der Waals surface area contributed by atoms with Crippen molar-refractivity contribution in [1.82, 2.24) is 9.13 Å². The summed E-state index contributed by atoms with van der Waals surface area (Å²) in [5.74, 6) is 1.78. The fourth-order valence-corrected chi connectivity index (χ4v) is 8.64. The van der Waals surface area contributed by atoms with Gasteiger partial charge in [-0.2, -0.15) is 0 Å². The maximum atomic E-state index is 6.61. The minimum atomic E-state index is -0.158. The van der Waals surface area contributed by atoms with Crippen LogP contribution >= 0.6 is 0 Å². The van der Waals surface area contributed by atoms with Crippen LogP contribution < -0.4 is 4.74 Å². The zero-order valence-electron chi connectivity index (χ0n) is 26.7. The van der Waals surface area contributed by atoms with Crippen molar-refractivity contribution < 1.29 is 4.74 Å². The van der Waals surface area contributed by atoms with Gasteiger partial charge in [-0.15, -0.1) is 0 Å². The molecule has 0 saturated carbocycles. The fraction of sp³-hybridized carbons (Fsp3) is 0.0667. The summed E-state index contributed by atoms with van der Waals surface area (Å²) in [5.41, 5.74) is 14.6. The summed E-state index contributed by atoms with van der Waals surface area (Å²) >= 11 is 0. The van der Waals surface area contributed by atoms with E-state index in [9.17, 15) is 0 Å². The van der Waals surface area contributed by atoms with Crippen molar-refractivity contribution >= 4 is 43.6 Å². The Balaban J connectivity index is 1.03.